The third-order valence-corrected chi connectivity index (χ3v) is 6.79. The monoisotopic (exact) mass is 379 g/mol. The summed E-state index contributed by atoms with van der Waals surface area (Å²) in [5.41, 5.74) is 0.289. The van der Waals surface area contributed by atoms with E-state index in [0.29, 0.717) is 32.0 Å². The number of piperazine rings is 1. The first-order chi connectivity index (χ1) is 12.5. The van der Waals surface area contributed by atoms with Crippen LogP contribution in [0.4, 0.5) is 0 Å². The van der Waals surface area contributed by atoms with Crippen LogP contribution in [0.15, 0.2) is 24.7 Å². The highest BCUT2D eigenvalue weighted by molar-refractivity contribution is 7.91. The van der Waals surface area contributed by atoms with Crippen LogP contribution in [0, 0.1) is 0 Å². The van der Waals surface area contributed by atoms with Crippen molar-refractivity contribution < 1.29 is 17.9 Å². The number of ether oxygens (including phenoxy) is 1. The number of carbonyl (C=O) groups is 1. The van der Waals surface area contributed by atoms with Crippen molar-refractivity contribution in [2.75, 3.05) is 44.9 Å². The minimum absolute atomic E-state index is 0.00148. The number of imidazole rings is 1. The van der Waals surface area contributed by atoms with Gasteiger partial charge in [0.25, 0.3) is 5.91 Å². The Morgan fingerprint density at radius 3 is 2.88 bits per heavy atom. The van der Waals surface area contributed by atoms with Crippen LogP contribution in [0.25, 0.3) is 5.78 Å². The molecule has 0 spiro atoms. The summed E-state index contributed by atoms with van der Waals surface area (Å²) in [7, 11) is -1.55. The highest BCUT2D eigenvalue weighted by Gasteiger charge is 2.48. The Morgan fingerprint density at radius 1 is 1.31 bits per heavy atom. The van der Waals surface area contributed by atoms with Crippen molar-refractivity contribution in [3.8, 4) is 0 Å². The molecule has 0 aliphatic carbocycles. The lowest BCUT2D eigenvalue weighted by molar-refractivity contribution is 0.0244. The second-order valence-electron chi connectivity index (χ2n) is 6.69. The van der Waals surface area contributed by atoms with Gasteiger partial charge in [0.1, 0.15) is 5.69 Å². The zero-order valence-corrected chi connectivity index (χ0v) is 15.3. The molecular weight excluding hydrogens is 358 g/mol. The van der Waals surface area contributed by atoms with Crippen molar-refractivity contribution >= 4 is 21.5 Å². The second kappa shape index (κ2) is 6.60. The predicted octanol–water partition coefficient (Wildman–Crippen LogP) is -0.701. The Kier molecular flexibility index (Phi) is 4.41. The van der Waals surface area contributed by atoms with E-state index in [1.54, 1.807) is 41.1 Å². The zero-order chi connectivity index (χ0) is 18.3. The molecule has 2 saturated heterocycles. The molecule has 2 aliphatic heterocycles. The highest BCUT2D eigenvalue weighted by atomic mass is 32.2. The van der Waals surface area contributed by atoms with E-state index in [1.165, 1.54) is 0 Å². The van der Waals surface area contributed by atoms with Crippen LogP contribution in [0.5, 0.6) is 0 Å². The second-order valence-corrected chi connectivity index (χ2v) is 8.85. The molecule has 2 aromatic rings. The van der Waals surface area contributed by atoms with Gasteiger partial charge in [-0.25, -0.2) is 18.4 Å². The number of methoxy groups -OCH3 is 1. The molecule has 0 bridgehead atoms. The van der Waals surface area contributed by atoms with Crippen LogP contribution in [-0.4, -0.2) is 95.4 Å². The molecule has 0 N–H and O–H groups in total. The topological polar surface area (TPSA) is 97.1 Å². The maximum absolute atomic E-state index is 13.0. The van der Waals surface area contributed by atoms with Crippen LogP contribution in [0.2, 0.25) is 0 Å². The van der Waals surface area contributed by atoms with E-state index < -0.39 is 9.84 Å². The van der Waals surface area contributed by atoms with Gasteiger partial charge in [-0.05, 0) is 6.07 Å². The summed E-state index contributed by atoms with van der Waals surface area (Å²) in [6.07, 6.45) is 5.03. The molecule has 0 unspecified atom stereocenters. The van der Waals surface area contributed by atoms with Gasteiger partial charge in [0, 0.05) is 51.4 Å². The molecule has 2 atom stereocenters. The molecule has 2 aliphatic rings. The minimum atomic E-state index is -3.17. The average Bonchev–Trinajstić information content (AvgIpc) is 3.18. The number of carbonyl (C=O) groups excluding carboxylic acids is 1. The summed E-state index contributed by atoms with van der Waals surface area (Å²) in [5, 5.41) is 0. The Morgan fingerprint density at radius 2 is 2.12 bits per heavy atom. The van der Waals surface area contributed by atoms with Crippen LogP contribution in [0.3, 0.4) is 0 Å². The quantitative estimate of drug-likeness (QED) is 0.693. The number of rotatable bonds is 4. The lowest BCUT2D eigenvalue weighted by Gasteiger charge is -2.43. The molecule has 0 saturated carbocycles. The summed E-state index contributed by atoms with van der Waals surface area (Å²) in [5.74, 6) is 0.287. The van der Waals surface area contributed by atoms with Crippen LogP contribution < -0.4 is 0 Å². The van der Waals surface area contributed by atoms with Crippen molar-refractivity contribution in [2.24, 2.45) is 0 Å². The van der Waals surface area contributed by atoms with E-state index in [2.05, 4.69) is 14.9 Å². The summed E-state index contributed by atoms with van der Waals surface area (Å²) >= 11 is 0. The van der Waals surface area contributed by atoms with Gasteiger partial charge in [-0.3, -0.25) is 14.1 Å². The summed E-state index contributed by atoms with van der Waals surface area (Å²) in [6.45, 7) is 2.29. The third kappa shape index (κ3) is 3.08. The first-order valence-electron chi connectivity index (χ1n) is 8.52. The van der Waals surface area contributed by atoms with Gasteiger partial charge >= 0.3 is 0 Å². The van der Waals surface area contributed by atoms with Gasteiger partial charge in [-0.15, -0.1) is 0 Å². The smallest absolute Gasteiger partial charge is 0.274 e. The molecule has 4 heterocycles. The number of sulfone groups is 1. The van der Waals surface area contributed by atoms with Crippen molar-refractivity contribution in [3.05, 3.63) is 30.4 Å². The standard InChI is InChI=1S/C16H21N5O4S/c1-25-8-7-19-5-6-21(14-11-26(23,24)10-13(14)19)15(22)12-9-20-4-2-3-17-16(20)18-12/h2-4,9,13-14H,5-8,10-11H2,1H3/t13-,14+/m1/s1. The van der Waals surface area contributed by atoms with E-state index in [4.69, 9.17) is 4.74 Å². The molecule has 10 heteroatoms. The maximum Gasteiger partial charge on any atom is 0.274 e. The number of amides is 1. The minimum Gasteiger partial charge on any atom is -0.383 e. The molecule has 4 rings (SSSR count). The fourth-order valence-corrected chi connectivity index (χ4v) is 5.86. The van der Waals surface area contributed by atoms with Gasteiger partial charge in [-0.2, -0.15) is 0 Å². The molecule has 2 fully saturated rings. The number of aromatic nitrogens is 3. The Hall–Kier alpha value is -2.04. The normalized spacial score (nSPS) is 25.5. The zero-order valence-electron chi connectivity index (χ0n) is 14.5. The van der Waals surface area contributed by atoms with E-state index >= 15 is 0 Å². The number of fused-ring (bicyclic) bond motifs is 2. The first-order valence-corrected chi connectivity index (χ1v) is 10.3. The molecule has 0 aromatic carbocycles. The predicted molar refractivity (Wildman–Crippen MR) is 93.7 cm³/mol. The van der Waals surface area contributed by atoms with Gasteiger partial charge in [0.05, 0.1) is 24.2 Å². The van der Waals surface area contributed by atoms with Crippen LogP contribution in [-0.2, 0) is 14.6 Å². The van der Waals surface area contributed by atoms with Gasteiger partial charge in [-0.1, -0.05) is 0 Å². The Balaban J connectivity index is 1.61. The number of hydrogen-bond donors (Lipinski definition) is 0. The van der Waals surface area contributed by atoms with Crippen molar-refractivity contribution in [3.63, 3.8) is 0 Å². The number of nitrogens with zero attached hydrogens (tertiary/aromatic N) is 5. The lowest BCUT2D eigenvalue weighted by Crippen LogP contribution is -2.61. The van der Waals surface area contributed by atoms with Crippen molar-refractivity contribution in [1.29, 1.82) is 0 Å². The summed E-state index contributed by atoms with van der Waals surface area (Å²) in [4.78, 5) is 25.2. The van der Waals surface area contributed by atoms with E-state index in [1.807, 2.05) is 0 Å². The van der Waals surface area contributed by atoms with Crippen molar-refractivity contribution in [1.82, 2.24) is 24.2 Å². The SMILES string of the molecule is COCCN1CCN(C(=O)c2cn3cccnc3n2)[C@H]2CS(=O)(=O)C[C@H]21. The van der Waals surface area contributed by atoms with Gasteiger partial charge < -0.3 is 9.64 Å². The Labute approximate surface area is 151 Å². The molecule has 26 heavy (non-hydrogen) atoms. The fraction of sp³-hybridized carbons (Fsp3) is 0.562. The average molecular weight is 379 g/mol. The summed E-state index contributed by atoms with van der Waals surface area (Å²) in [6, 6.07) is 1.22. The van der Waals surface area contributed by atoms with E-state index in [-0.39, 0.29) is 35.2 Å². The first kappa shape index (κ1) is 17.4. The van der Waals surface area contributed by atoms with Crippen LogP contribution in [0.1, 0.15) is 10.5 Å². The van der Waals surface area contributed by atoms with Crippen molar-refractivity contribution in [2.45, 2.75) is 12.1 Å². The Bertz CT molecular complexity index is 895. The maximum atomic E-state index is 13.0. The lowest BCUT2D eigenvalue weighted by atomic mass is 10.0. The largest absolute Gasteiger partial charge is 0.383 e. The van der Waals surface area contributed by atoms with Gasteiger partial charge in [0.2, 0.25) is 5.78 Å². The van der Waals surface area contributed by atoms with Gasteiger partial charge in [0.15, 0.2) is 9.84 Å². The van der Waals surface area contributed by atoms with E-state index in [9.17, 15) is 13.2 Å². The highest BCUT2D eigenvalue weighted by Crippen LogP contribution is 2.28. The molecule has 9 nitrogen and oxygen atoms in total. The fourth-order valence-electron chi connectivity index (χ4n) is 3.84. The molecule has 2 aromatic heterocycles. The number of hydrogen-bond acceptors (Lipinski definition) is 7. The summed E-state index contributed by atoms with van der Waals surface area (Å²) < 4.78 is 31.3. The molecule has 0 radical (unpaired) electrons. The third-order valence-electron chi connectivity index (χ3n) is 5.09. The molecule has 1 amide bonds. The van der Waals surface area contributed by atoms with Crippen LogP contribution >= 0.6 is 0 Å². The molecule has 140 valence electrons. The molecular formula is C16H21N5O4S. The van der Waals surface area contributed by atoms with E-state index in [0.717, 1.165) is 0 Å².